The number of aryl methyl sites for hydroxylation is 1. The van der Waals surface area contributed by atoms with Crippen LogP contribution in [0.5, 0.6) is 0 Å². The molecule has 0 bridgehead atoms. The van der Waals surface area contributed by atoms with Gasteiger partial charge in [0.2, 0.25) is 0 Å². The van der Waals surface area contributed by atoms with Gasteiger partial charge in [-0.15, -0.1) is 0 Å². The van der Waals surface area contributed by atoms with Crippen molar-refractivity contribution in [3.05, 3.63) is 62.6 Å². The summed E-state index contributed by atoms with van der Waals surface area (Å²) in [6.07, 6.45) is 0. The van der Waals surface area contributed by atoms with E-state index in [4.69, 9.17) is 16.6 Å². The van der Waals surface area contributed by atoms with Crippen LogP contribution >= 0.6 is 32.3 Å². The van der Waals surface area contributed by atoms with E-state index in [1.807, 2.05) is 34.6 Å². The Balaban J connectivity index is 1.98. The first-order chi connectivity index (χ1) is 11.4. The second kappa shape index (κ2) is 5.73. The molecule has 5 heteroatoms. The highest BCUT2D eigenvalue weighted by molar-refractivity contribution is 7.68. The lowest BCUT2D eigenvalue weighted by atomic mass is 9.89. The van der Waals surface area contributed by atoms with Crippen LogP contribution < -0.4 is 9.99 Å². The number of rotatable bonds is 1. The molecule has 0 radical (unpaired) electrons. The fourth-order valence-corrected chi connectivity index (χ4v) is 6.05. The van der Waals surface area contributed by atoms with Gasteiger partial charge < -0.3 is 5.32 Å². The second-order valence-electron chi connectivity index (χ2n) is 6.56. The summed E-state index contributed by atoms with van der Waals surface area (Å²) in [6, 6.07) is 14.3. The van der Waals surface area contributed by atoms with Gasteiger partial charge in [-0.25, -0.2) is 4.99 Å². The lowest BCUT2D eigenvalue weighted by Gasteiger charge is -2.33. The summed E-state index contributed by atoms with van der Waals surface area (Å²) in [5.74, 6) is 0. The molecule has 2 aromatic carbocycles. The number of anilines is 1. The first-order valence-electron chi connectivity index (χ1n) is 7.77. The molecule has 2 nitrogen and oxygen atoms in total. The average Bonchev–Trinajstić information content (AvgIpc) is 2.95. The van der Waals surface area contributed by atoms with Gasteiger partial charge in [0.15, 0.2) is 0 Å². The van der Waals surface area contributed by atoms with Crippen molar-refractivity contribution in [3.8, 4) is 11.1 Å². The number of fused-ring (bicyclic) bond motifs is 3. The zero-order valence-electron chi connectivity index (χ0n) is 13.7. The zero-order chi connectivity index (χ0) is 16.9. The van der Waals surface area contributed by atoms with Gasteiger partial charge in [-0.3, -0.25) is 0 Å². The van der Waals surface area contributed by atoms with Gasteiger partial charge in [0.25, 0.3) is 0 Å². The summed E-state index contributed by atoms with van der Waals surface area (Å²) >= 11 is 5.99. The predicted octanol–water partition coefficient (Wildman–Crippen LogP) is 6.33. The fraction of sp³-hybridized carbons (Fsp3) is 0.211. The van der Waals surface area contributed by atoms with E-state index in [9.17, 15) is 0 Å². The molecule has 3 aromatic rings. The van der Waals surface area contributed by atoms with Crippen LogP contribution in [0.3, 0.4) is 0 Å². The first-order valence-corrected chi connectivity index (χ1v) is 10.3. The van der Waals surface area contributed by atoms with Crippen molar-refractivity contribution in [2.75, 3.05) is 5.32 Å². The van der Waals surface area contributed by atoms with E-state index in [2.05, 4.69) is 44.3 Å². The van der Waals surface area contributed by atoms with Gasteiger partial charge in [0.1, 0.15) is 4.67 Å². The van der Waals surface area contributed by atoms with E-state index < -0.39 is 0 Å². The number of halogens is 1. The van der Waals surface area contributed by atoms with Crippen molar-refractivity contribution in [1.29, 1.82) is 0 Å². The predicted molar refractivity (Wildman–Crippen MR) is 106 cm³/mol. The Morgan fingerprint density at radius 1 is 1.04 bits per heavy atom. The van der Waals surface area contributed by atoms with Gasteiger partial charge in [-0.2, -0.15) is 0 Å². The zero-order valence-corrected chi connectivity index (χ0v) is 16.1. The van der Waals surface area contributed by atoms with Crippen LogP contribution in [0.15, 0.2) is 47.5 Å². The van der Waals surface area contributed by atoms with Crippen LogP contribution in [-0.4, -0.2) is 0 Å². The third kappa shape index (κ3) is 2.69. The first kappa shape index (κ1) is 15.9. The SMILES string of the molecule is Cc1ccc2c(c1)-c1c(ssc1=Nc1ccc(Cl)cc1)C(C)(C)N2. The highest BCUT2D eigenvalue weighted by Crippen LogP contribution is 2.45. The Bertz CT molecular complexity index is 981. The Labute approximate surface area is 153 Å². The third-order valence-electron chi connectivity index (χ3n) is 4.16. The van der Waals surface area contributed by atoms with Crippen molar-refractivity contribution in [1.82, 2.24) is 0 Å². The molecule has 0 saturated carbocycles. The monoisotopic (exact) mass is 372 g/mol. The van der Waals surface area contributed by atoms with Crippen molar-refractivity contribution in [3.63, 3.8) is 0 Å². The van der Waals surface area contributed by atoms with Crippen LogP contribution in [0.25, 0.3) is 11.1 Å². The summed E-state index contributed by atoms with van der Waals surface area (Å²) in [7, 11) is 3.55. The number of nitrogens with zero attached hydrogens (tertiary/aromatic N) is 1. The number of benzene rings is 2. The molecule has 0 amide bonds. The molecule has 122 valence electrons. The van der Waals surface area contributed by atoms with E-state index in [0.717, 1.165) is 15.4 Å². The fourth-order valence-electron chi connectivity index (χ4n) is 2.99. The molecular weight excluding hydrogens is 356 g/mol. The van der Waals surface area contributed by atoms with Gasteiger partial charge in [0.05, 0.1) is 16.1 Å². The summed E-state index contributed by atoms with van der Waals surface area (Å²) in [5, 5.41) is 4.39. The molecule has 2 heterocycles. The molecule has 4 rings (SSSR count). The highest BCUT2D eigenvalue weighted by atomic mass is 35.5. The van der Waals surface area contributed by atoms with Crippen molar-refractivity contribution >= 4 is 43.7 Å². The van der Waals surface area contributed by atoms with Crippen LogP contribution in [0.4, 0.5) is 11.4 Å². The molecular formula is C19H17ClN2S2. The molecule has 1 N–H and O–H groups in total. The maximum absolute atomic E-state index is 5.99. The van der Waals surface area contributed by atoms with Crippen molar-refractivity contribution < 1.29 is 0 Å². The second-order valence-corrected chi connectivity index (χ2v) is 9.13. The van der Waals surface area contributed by atoms with Gasteiger partial charge in [-0.1, -0.05) is 43.9 Å². The molecule has 1 aromatic heterocycles. The van der Waals surface area contributed by atoms with Crippen LogP contribution in [0.2, 0.25) is 5.02 Å². The van der Waals surface area contributed by atoms with Crippen LogP contribution in [-0.2, 0) is 5.54 Å². The van der Waals surface area contributed by atoms with E-state index >= 15 is 0 Å². The topological polar surface area (TPSA) is 24.4 Å². The summed E-state index contributed by atoms with van der Waals surface area (Å²) < 4.78 is 1.07. The lowest BCUT2D eigenvalue weighted by molar-refractivity contribution is 0.619. The molecule has 0 aliphatic carbocycles. The molecule has 1 aliphatic rings. The van der Waals surface area contributed by atoms with Crippen LogP contribution in [0.1, 0.15) is 24.3 Å². The van der Waals surface area contributed by atoms with Crippen LogP contribution in [0, 0.1) is 6.92 Å². The minimum Gasteiger partial charge on any atom is -0.375 e. The Kier molecular flexibility index (Phi) is 3.79. The highest BCUT2D eigenvalue weighted by Gasteiger charge is 2.33. The molecule has 24 heavy (non-hydrogen) atoms. The quantitative estimate of drug-likeness (QED) is 0.496. The average molecular weight is 373 g/mol. The van der Waals surface area contributed by atoms with E-state index in [-0.39, 0.29) is 5.54 Å². The Hall–Kier alpha value is -1.62. The normalized spacial score (nSPS) is 15.6. The number of nitrogens with one attached hydrogen (secondary N) is 1. The minimum absolute atomic E-state index is 0.0907. The summed E-state index contributed by atoms with van der Waals surface area (Å²) in [6.45, 7) is 6.58. The largest absolute Gasteiger partial charge is 0.375 e. The van der Waals surface area contributed by atoms with E-state index in [0.29, 0.717) is 0 Å². The maximum atomic E-state index is 5.99. The van der Waals surface area contributed by atoms with E-state index in [1.165, 1.54) is 27.3 Å². The lowest BCUT2D eigenvalue weighted by Crippen LogP contribution is -2.31. The Morgan fingerprint density at radius 2 is 1.79 bits per heavy atom. The number of hydrogen-bond donors (Lipinski definition) is 1. The molecule has 1 aliphatic heterocycles. The standard InChI is InChI=1S/C19H17ClN2S2/c1-11-4-9-15-14(10-11)16-17(19(2,3)22-15)23-24-18(16)21-13-7-5-12(20)6-8-13/h4-10,22H,1-3H3. The molecule has 0 atom stereocenters. The smallest absolute Gasteiger partial charge is 0.135 e. The maximum Gasteiger partial charge on any atom is 0.135 e. The van der Waals surface area contributed by atoms with E-state index in [1.54, 1.807) is 10.3 Å². The van der Waals surface area contributed by atoms with Gasteiger partial charge in [-0.05, 0) is 57.2 Å². The van der Waals surface area contributed by atoms with Gasteiger partial charge in [0, 0.05) is 21.8 Å². The van der Waals surface area contributed by atoms with Crippen molar-refractivity contribution in [2.24, 2.45) is 4.99 Å². The third-order valence-corrected chi connectivity index (χ3v) is 7.05. The summed E-state index contributed by atoms with van der Waals surface area (Å²) in [5.41, 5.74) is 5.79. The molecule has 0 unspecified atom stereocenters. The molecule has 0 fully saturated rings. The number of hydrogen-bond acceptors (Lipinski definition) is 4. The Morgan fingerprint density at radius 3 is 2.54 bits per heavy atom. The molecule has 0 saturated heterocycles. The van der Waals surface area contributed by atoms with Crippen molar-refractivity contribution in [2.45, 2.75) is 26.3 Å². The molecule has 0 spiro atoms. The minimum atomic E-state index is -0.0907. The summed E-state index contributed by atoms with van der Waals surface area (Å²) in [4.78, 5) is 6.24. The van der Waals surface area contributed by atoms with Gasteiger partial charge >= 0.3 is 0 Å².